The van der Waals surface area contributed by atoms with Crippen LogP contribution in [0.25, 0.3) is 0 Å². The maximum absolute atomic E-state index is 11.9. The van der Waals surface area contributed by atoms with Crippen molar-refractivity contribution >= 4 is 5.69 Å². The first-order chi connectivity index (χ1) is 9.31. The van der Waals surface area contributed by atoms with Crippen LogP contribution in [0.5, 0.6) is 0 Å². The zero-order valence-corrected chi connectivity index (χ0v) is 11.2. The van der Waals surface area contributed by atoms with Crippen molar-refractivity contribution in [3.05, 3.63) is 39.4 Å². The van der Waals surface area contributed by atoms with E-state index in [1.807, 2.05) is 0 Å². The van der Waals surface area contributed by atoms with E-state index in [0.717, 1.165) is 5.56 Å². The summed E-state index contributed by atoms with van der Waals surface area (Å²) in [4.78, 5) is 10.3. The number of hydrogen-bond acceptors (Lipinski definition) is 3. The molecular weight excluding hydrogens is 273 g/mol. The number of halogens is 3. The van der Waals surface area contributed by atoms with Gasteiger partial charge in [-0.3, -0.25) is 10.1 Å². The Morgan fingerprint density at radius 2 is 2.00 bits per heavy atom. The molecule has 7 heteroatoms. The molecule has 0 amide bonds. The van der Waals surface area contributed by atoms with E-state index in [2.05, 4.69) is 5.32 Å². The van der Waals surface area contributed by atoms with Crippen LogP contribution in [0.15, 0.2) is 18.2 Å². The number of rotatable bonds is 7. The molecule has 0 aromatic heterocycles. The molecule has 20 heavy (non-hydrogen) atoms. The fraction of sp³-hybridized carbons (Fsp3) is 0.538. The molecule has 0 aliphatic carbocycles. The summed E-state index contributed by atoms with van der Waals surface area (Å²) >= 11 is 0. The second-order valence-electron chi connectivity index (χ2n) is 4.57. The molecule has 1 aromatic carbocycles. The van der Waals surface area contributed by atoms with Gasteiger partial charge in [-0.1, -0.05) is 12.1 Å². The maximum Gasteiger partial charge on any atom is 0.389 e. The SMILES string of the molecule is Cc1c(CNCCCCC(F)(F)F)cccc1[N+](=O)[O-]. The molecule has 0 unspecified atom stereocenters. The molecule has 0 aliphatic heterocycles. The monoisotopic (exact) mass is 290 g/mol. The van der Waals surface area contributed by atoms with Crippen molar-refractivity contribution in [2.24, 2.45) is 0 Å². The van der Waals surface area contributed by atoms with Crippen LogP contribution < -0.4 is 5.32 Å². The van der Waals surface area contributed by atoms with E-state index >= 15 is 0 Å². The molecule has 1 rings (SSSR count). The topological polar surface area (TPSA) is 55.2 Å². The first kappa shape index (κ1) is 16.4. The molecule has 0 spiro atoms. The van der Waals surface area contributed by atoms with E-state index in [9.17, 15) is 23.3 Å². The molecule has 0 aliphatic rings. The van der Waals surface area contributed by atoms with Crippen LogP contribution >= 0.6 is 0 Å². The highest BCUT2D eigenvalue weighted by atomic mass is 19.4. The molecule has 0 bridgehead atoms. The second kappa shape index (κ2) is 7.23. The van der Waals surface area contributed by atoms with Gasteiger partial charge in [0.25, 0.3) is 5.69 Å². The Labute approximate surface area is 115 Å². The van der Waals surface area contributed by atoms with Crippen LogP contribution in [-0.4, -0.2) is 17.6 Å². The van der Waals surface area contributed by atoms with E-state index < -0.39 is 17.5 Å². The highest BCUT2D eigenvalue weighted by Gasteiger charge is 2.25. The lowest BCUT2D eigenvalue weighted by atomic mass is 10.1. The number of nitro benzene ring substituents is 1. The number of nitro groups is 1. The highest BCUT2D eigenvalue weighted by Crippen LogP contribution is 2.22. The Morgan fingerprint density at radius 3 is 2.60 bits per heavy atom. The molecule has 0 saturated carbocycles. The van der Waals surface area contributed by atoms with Gasteiger partial charge in [0.2, 0.25) is 0 Å². The smallest absolute Gasteiger partial charge is 0.313 e. The number of nitrogens with zero attached hydrogens (tertiary/aromatic N) is 1. The lowest BCUT2D eigenvalue weighted by molar-refractivity contribution is -0.385. The van der Waals surface area contributed by atoms with Crippen LogP contribution in [0.1, 0.15) is 30.4 Å². The fourth-order valence-electron chi connectivity index (χ4n) is 1.86. The van der Waals surface area contributed by atoms with E-state index in [0.29, 0.717) is 25.1 Å². The second-order valence-corrected chi connectivity index (χ2v) is 4.57. The summed E-state index contributed by atoms with van der Waals surface area (Å²) in [6.45, 7) is 2.54. The molecule has 112 valence electrons. The molecule has 1 N–H and O–H groups in total. The van der Waals surface area contributed by atoms with Crippen molar-refractivity contribution < 1.29 is 18.1 Å². The van der Waals surface area contributed by atoms with Gasteiger partial charge >= 0.3 is 6.18 Å². The Bertz CT molecular complexity index is 461. The largest absolute Gasteiger partial charge is 0.389 e. The average molecular weight is 290 g/mol. The zero-order valence-electron chi connectivity index (χ0n) is 11.2. The fourth-order valence-corrected chi connectivity index (χ4v) is 1.86. The first-order valence-electron chi connectivity index (χ1n) is 6.31. The van der Waals surface area contributed by atoms with Crippen LogP contribution in [0, 0.1) is 17.0 Å². The first-order valence-corrected chi connectivity index (χ1v) is 6.31. The van der Waals surface area contributed by atoms with Crippen molar-refractivity contribution in [2.75, 3.05) is 6.54 Å². The van der Waals surface area contributed by atoms with Crippen molar-refractivity contribution in [2.45, 2.75) is 38.9 Å². The van der Waals surface area contributed by atoms with Gasteiger partial charge in [-0.15, -0.1) is 0 Å². The van der Waals surface area contributed by atoms with Crippen molar-refractivity contribution in [1.29, 1.82) is 0 Å². The number of unbranched alkanes of at least 4 members (excludes halogenated alkanes) is 1. The van der Waals surface area contributed by atoms with Gasteiger partial charge in [-0.05, 0) is 31.9 Å². The summed E-state index contributed by atoms with van der Waals surface area (Å²) in [5, 5.41) is 13.8. The Balaban J connectivity index is 2.36. The molecule has 0 heterocycles. The summed E-state index contributed by atoms with van der Waals surface area (Å²) in [6.07, 6.45) is -4.36. The van der Waals surface area contributed by atoms with Gasteiger partial charge < -0.3 is 5.32 Å². The van der Waals surface area contributed by atoms with Crippen molar-refractivity contribution in [3.8, 4) is 0 Å². The van der Waals surface area contributed by atoms with E-state index in [-0.39, 0.29) is 12.1 Å². The summed E-state index contributed by atoms with van der Waals surface area (Å²) in [5.74, 6) is 0. The maximum atomic E-state index is 11.9. The molecule has 4 nitrogen and oxygen atoms in total. The molecule has 0 radical (unpaired) electrons. The molecule has 1 aromatic rings. The van der Waals surface area contributed by atoms with Gasteiger partial charge in [-0.25, -0.2) is 0 Å². The van der Waals surface area contributed by atoms with Gasteiger partial charge in [0.05, 0.1) is 4.92 Å². The minimum Gasteiger partial charge on any atom is -0.313 e. The molecule has 0 atom stereocenters. The Kier molecular flexibility index (Phi) is 5.94. The van der Waals surface area contributed by atoms with Gasteiger partial charge in [0.15, 0.2) is 0 Å². The van der Waals surface area contributed by atoms with E-state index in [1.54, 1.807) is 19.1 Å². The van der Waals surface area contributed by atoms with Gasteiger partial charge in [-0.2, -0.15) is 13.2 Å². The van der Waals surface area contributed by atoms with Crippen LogP contribution in [0.3, 0.4) is 0 Å². The molecule has 0 fully saturated rings. The highest BCUT2D eigenvalue weighted by molar-refractivity contribution is 5.44. The number of nitrogens with one attached hydrogen (secondary N) is 1. The van der Waals surface area contributed by atoms with E-state index in [4.69, 9.17) is 0 Å². The lowest BCUT2D eigenvalue weighted by Crippen LogP contribution is -2.16. The zero-order chi connectivity index (χ0) is 15.2. The standard InChI is InChI=1S/C13H17F3N2O2/c1-10-11(5-4-6-12(10)18(19)20)9-17-8-3-2-7-13(14,15)16/h4-6,17H,2-3,7-9H2,1H3. The van der Waals surface area contributed by atoms with Crippen LogP contribution in [0.2, 0.25) is 0 Å². The van der Waals surface area contributed by atoms with Crippen molar-refractivity contribution in [1.82, 2.24) is 5.32 Å². The third-order valence-electron chi connectivity index (χ3n) is 2.99. The number of benzene rings is 1. The average Bonchev–Trinajstić information content (AvgIpc) is 2.33. The molecule has 0 saturated heterocycles. The third-order valence-corrected chi connectivity index (χ3v) is 2.99. The van der Waals surface area contributed by atoms with Gasteiger partial charge in [0, 0.05) is 24.6 Å². The third kappa shape index (κ3) is 5.56. The van der Waals surface area contributed by atoms with Crippen LogP contribution in [-0.2, 0) is 6.54 Å². The predicted octanol–water partition coefficient (Wildman–Crippen LogP) is 3.73. The predicted molar refractivity (Wildman–Crippen MR) is 69.4 cm³/mol. The summed E-state index contributed by atoms with van der Waals surface area (Å²) < 4.78 is 35.8. The summed E-state index contributed by atoms with van der Waals surface area (Å²) in [7, 11) is 0. The number of alkyl halides is 3. The minimum absolute atomic E-state index is 0.0568. The Morgan fingerprint density at radius 1 is 1.30 bits per heavy atom. The summed E-state index contributed by atoms with van der Waals surface area (Å²) in [6, 6.07) is 4.80. The van der Waals surface area contributed by atoms with Crippen LogP contribution in [0.4, 0.5) is 18.9 Å². The van der Waals surface area contributed by atoms with Crippen molar-refractivity contribution in [3.63, 3.8) is 0 Å². The number of hydrogen-bond donors (Lipinski definition) is 1. The normalized spacial score (nSPS) is 11.6. The Hall–Kier alpha value is -1.63. The van der Waals surface area contributed by atoms with E-state index in [1.165, 1.54) is 6.07 Å². The molecular formula is C13H17F3N2O2. The lowest BCUT2D eigenvalue weighted by Gasteiger charge is -2.09. The minimum atomic E-state index is -4.10. The quantitative estimate of drug-likeness (QED) is 0.473. The van der Waals surface area contributed by atoms with Gasteiger partial charge in [0.1, 0.15) is 0 Å². The summed E-state index contributed by atoms with van der Waals surface area (Å²) in [5.41, 5.74) is 1.43.